The molecule has 1 rings (SSSR count). The van der Waals surface area contributed by atoms with Crippen molar-refractivity contribution in [2.75, 3.05) is 0 Å². The van der Waals surface area contributed by atoms with E-state index in [9.17, 15) is 9.90 Å². The number of benzene rings is 1. The summed E-state index contributed by atoms with van der Waals surface area (Å²) in [5.74, 6) is -1.38. The molecule has 80 valence electrons. The molecular weight excluding hydrogens is 190 g/mol. The van der Waals surface area contributed by atoms with Gasteiger partial charge in [0.05, 0.1) is 0 Å². The molecule has 3 nitrogen and oxygen atoms in total. The average Bonchev–Trinajstić information content (AvgIpc) is 2.27. The van der Waals surface area contributed by atoms with Crippen LogP contribution < -0.4 is 5.73 Å². The van der Waals surface area contributed by atoms with Crippen molar-refractivity contribution in [3.63, 3.8) is 0 Å². The fourth-order valence-electron chi connectivity index (χ4n) is 1.48. The van der Waals surface area contributed by atoms with Crippen LogP contribution in [0.2, 0.25) is 0 Å². The zero-order chi connectivity index (χ0) is 11.5. The van der Waals surface area contributed by atoms with Crippen molar-refractivity contribution in [3.05, 3.63) is 48.6 Å². The molecule has 0 saturated heterocycles. The smallest absolute Gasteiger partial charge is 0.328 e. The molecule has 0 amide bonds. The second-order valence-electron chi connectivity index (χ2n) is 3.56. The molecular formula is C12H15NO2. The first-order valence-corrected chi connectivity index (χ1v) is 4.73. The highest BCUT2D eigenvalue weighted by Crippen LogP contribution is 2.27. The van der Waals surface area contributed by atoms with Crippen LogP contribution in [0.15, 0.2) is 43.0 Å². The Labute approximate surface area is 89.2 Å². The molecule has 0 radical (unpaired) electrons. The summed E-state index contributed by atoms with van der Waals surface area (Å²) in [5.41, 5.74) is 5.13. The third kappa shape index (κ3) is 1.92. The van der Waals surface area contributed by atoms with Gasteiger partial charge in [-0.1, -0.05) is 43.3 Å². The Morgan fingerprint density at radius 3 is 2.47 bits per heavy atom. The first kappa shape index (κ1) is 11.5. The van der Waals surface area contributed by atoms with Gasteiger partial charge >= 0.3 is 5.97 Å². The molecule has 0 aliphatic rings. The van der Waals surface area contributed by atoms with Crippen molar-refractivity contribution in [1.29, 1.82) is 0 Å². The van der Waals surface area contributed by atoms with E-state index in [2.05, 4.69) is 6.58 Å². The maximum atomic E-state index is 11.2. The van der Waals surface area contributed by atoms with Gasteiger partial charge in [-0.25, -0.2) is 4.79 Å². The van der Waals surface area contributed by atoms with Crippen LogP contribution in [-0.4, -0.2) is 11.1 Å². The molecule has 1 aromatic carbocycles. The minimum absolute atomic E-state index is 0.336. The van der Waals surface area contributed by atoms with Gasteiger partial charge in [0.1, 0.15) is 5.54 Å². The van der Waals surface area contributed by atoms with Crippen molar-refractivity contribution >= 4 is 5.97 Å². The molecule has 0 aromatic heterocycles. The molecule has 0 saturated carbocycles. The number of rotatable bonds is 4. The number of carboxylic acid groups (broad SMARTS) is 1. The molecule has 0 aliphatic heterocycles. The normalized spacial score (nSPS) is 16.4. The molecule has 15 heavy (non-hydrogen) atoms. The fourth-order valence-corrected chi connectivity index (χ4v) is 1.48. The molecule has 3 N–H and O–H groups in total. The first-order chi connectivity index (χ1) is 7.03. The predicted octanol–water partition coefficient (Wildman–Crippen LogP) is 1.75. The Kier molecular flexibility index (Phi) is 3.27. The molecule has 0 heterocycles. The van der Waals surface area contributed by atoms with Crippen LogP contribution >= 0.6 is 0 Å². The monoisotopic (exact) mass is 205 g/mol. The molecule has 0 unspecified atom stereocenters. The minimum Gasteiger partial charge on any atom is -0.480 e. The number of nitrogens with two attached hydrogens (primary N) is 1. The zero-order valence-electron chi connectivity index (χ0n) is 8.68. The van der Waals surface area contributed by atoms with Crippen molar-refractivity contribution in [2.24, 2.45) is 11.7 Å². The van der Waals surface area contributed by atoms with E-state index in [-0.39, 0.29) is 5.92 Å². The number of hydrogen-bond acceptors (Lipinski definition) is 2. The quantitative estimate of drug-likeness (QED) is 0.736. The second kappa shape index (κ2) is 4.28. The molecule has 0 aliphatic carbocycles. The van der Waals surface area contributed by atoms with E-state index in [1.807, 2.05) is 6.07 Å². The molecule has 1 aromatic rings. The van der Waals surface area contributed by atoms with Crippen LogP contribution in [0.5, 0.6) is 0 Å². The first-order valence-electron chi connectivity index (χ1n) is 4.73. The van der Waals surface area contributed by atoms with Gasteiger partial charge in [0.2, 0.25) is 0 Å². The third-order valence-electron chi connectivity index (χ3n) is 2.68. The highest BCUT2D eigenvalue weighted by molar-refractivity contribution is 5.81. The lowest BCUT2D eigenvalue weighted by atomic mass is 9.80. The Balaban J connectivity index is 3.24. The highest BCUT2D eigenvalue weighted by atomic mass is 16.4. The van der Waals surface area contributed by atoms with Crippen LogP contribution in [-0.2, 0) is 10.3 Å². The van der Waals surface area contributed by atoms with Crippen LogP contribution in [0.3, 0.4) is 0 Å². The lowest BCUT2D eigenvalue weighted by Gasteiger charge is -2.29. The summed E-state index contributed by atoms with van der Waals surface area (Å²) in [6.45, 7) is 5.34. The van der Waals surface area contributed by atoms with Gasteiger partial charge in [-0.05, 0) is 5.56 Å². The van der Waals surface area contributed by atoms with Gasteiger partial charge < -0.3 is 10.8 Å². The molecule has 3 heteroatoms. The van der Waals surface area contributed by atoms with Gasteiger partial charge in [0, 0.05) is 5.92 Å². The Bertz CT molecular complexity index is 361. The van der Waals surface area contributed by atoms with Crippen molar-refractivity contribution in [1.82, 2.24) is 0 Å². The summed E-state index contributed by atoms with van der Waals surface area (Å²) in [6.07, 6.45) is 1.56. The summed E-state index contributed by atoms with van der Waals surface area (Å²) in [5, 5.41) is 9.21. The van der Waals surface area contributed by atoms with E-state index in [1.165, 1.54) is 0 Å². The largest absolute Gasteiger partial charge is 0.480 e. The lowest BCUT2D eigenvalue weighted by Crippen LogP contribution is -2.49. The summed E-state index contributed by atoms with van der Waals surface area (Å²) in [4.78, 5) is 11.2. The molecule has 0 spiro atoms. The molecule has 0 bridgehead atoms. The van der Waals surface area contributed by atoms with E-state index in [1.54, 1.807) is 37.3 Å². The van der Waals surface area contributed by atoms with Crippen LogP contribution in [0.4, 0.5) is 0 Å². The zero-order valence-corrected chi connectivity index (χ0v) is 8.68. The summed E-state index contributed by atoms with van der Waals surface area (Å²) in [6, 6.07) is 8.80. The average molecular weight is 205 g/mol. The third-order valence-corrected chi connectivity index (χ3v) is 2.68. The Morgan fingerprint density at radius 2 is 2.07 bits per heavy atom. The number of carbonyl (C=O) groups is 1. The number of hydrogen-bond donors (Lipinski definition) is 2. The maximum Gasteiger partial charge on any atom is 0.328 e. The van der Waals surface area contributed by atoms with Crippen molar-refractivity contribution < 1.29 is 9.90 Å². The van der Waals surface area contributed by atoms with Crippen molar-refractivity contribution in [3.8, 4) is 0 Å². The second-order valence-corrected chi connectivity index (χ2v) is 3.56. The summed E-state index contributed by atoms with van der Waals surface area (Å²) < 4.78 is 0. The van der Waals surface area contributed by atoms with Gasteiger partial charge in [0.15, 0.2) is 0 Å². The SMILES string of the molecule is C=C[C@H](C)[C@@](N)(C(=O)O)c1ccccc1. The van der Waals surface area contributed by atoms with Crippen LogP contribution in [0, 0.1) is 5.92 Å². The topological polar surface area (TPSA) is 63.3 Å². The Hall–Kier alpha value is -1.61. The fraction of sp³-hybridized carbons (Fsp3) is 0.250. The molecule has 0 fully saturated rings. The summed E-state index contributed by atoms with van der Waals surface area (Å²) in [7, 11) is 0. The predicted molar refractivity (Wildman–Crippen MR) is 59.3 cm³/mol. The maximum absolute atomic E-state index is 11.2. The van der Waals surface area contributed by atoms with E-state index in [0.717, 1.165) is 0 Å². The van der Waals surface area contributed by atoms with Gasteiger partial charge in [-0.3, -0.25) is 0 Å². The number of carboxylic acids is 1. The van der Waals surface area contributed by atoms with Crippen molar-refractivity contribution in [2.45, 2.75) is 12.5 Å². The van der Waals surface area contributed by atoms with Gasteiger partial charge in [-0.2, -0.15) is 0 Å². The van der Waals surface area contributed by atoms with Crippen LogP contribution in [0.25, 0.3) is 0 Å². The summed E-state index contributed by atoms with van der Waals surface area (Å²) >= 11 is 0. The van der Waals surface area contributed by atoms with Gasteiger partial charge in [0.25, 0.3) is 0 Å². The number of aliphatic carboxylic acids is 1. The van der Waals surface area contributed by atoms with E-state index < -0.39 is 11.5 Å². The van der Waals surface area contributed by atoms with E-state index >= 15 is 0 Å². The standard InChI is InChI=1S/C12H15NO2/c1-3-9(2)12(13,11(14)15)10-7-5-4-6-8-10/h3-9H,1,13H2,2H3,(H,14,15)/t9-,12-/m0/s1. The van der Waals surface area contributed by atoms with Crippen LogP contribution in [0.1, 0.15) is 12.5 Å². The molecule has 2 atom stereocenters. The Morgan fingerprint density at radius 1 is 1.53 bits per heavy atom. The van der Waals surface area contributed by atoms with Gasteiger partial charge in [-0.15, -0.1) is 6.58 Å². The minimum atomic E-state index is -1.40. The van der Waals surface area contributed by atoms with E-state index in [0.29, 0.717) is 5.56 Å². The van der Waals surface area contributed by atoms with E-state index in [4.69, 9.17) is 5.73 Å². The lowest BCUT2D eigenvalue weighted by molar-refractivity contribution is -0.145. The highest BCUT2D eigenvalue weighted by Gasteiger charge is 2.40.